The van der Waals surface area contributed by atoms with E-state index < -0.39 is 0 Å². The predicted octanol–water partition coefficient (Wildman–Crippen LogP) is 7.32. The van der Waals surface area contributed by atoms with E-state index in [2.05, 4.69) is 51.3 Å². The first-order chi connectivity index (χ1) is 19.5. The molecule has 0 amide bonds. The second kappa shape index (κ2) is 12.2. The molecule has 3 heterocycles. The Hall–Kier alpha value is -4.33. The highest BCUT2D eigenvalue weighted by Gasteiger charge is 2.22. The van der Waals surface area contributed by atoms with Crippen LogP contribution < -0.4 is 19.7 Å². The number of ether oxygens (including phenoxy) is 2. The van der Waals surface area contributed by atoms with Gasteiger partial charge in [0.2, 0.25) is 0 Å². The third kappa shape index (κ3) is 5.96. The highest BCUT2D eigenvalue weighted by Crippen LogP contribution is 2.38. The van der Waals surface area contributed by atoms with Crippen molar-refractivity contribution in [3.05, 3.63) is 78.1 Å². The molecule has 1 aromatic heterocycles. The lowest BCUT2D eigenvalue weighted by Crippen LogP contribution is -2.29. The largest absolute Gasteiger partial charge is 0.491 e. The van der Waals surface area contributed by atoms with E-state index in [1.165, 1.54) is 0 Å². The maximum atomic E-state index is 6.23. The second-order valence-electron chi connectivity index (χ2n) is 10.3. The Labute approximate surface area is 236 Å². The number of anilines is 3. The maximum absolute atomic E-state index is 6.23. The minimum Gasteiger partial charge on any atom is -0.491 e. The summed E-state index contributed by atoms with van der Waals surface area (Å²) in [7, 11) is 0. The summed E-state index contributed by atoms with van der Waals surface area (Å²) in [6, 6.07) is 10.3. The lowest BCUT2D eigenvalue weighted by atomic mass is 10.1. The molecule has 8 nitrogen and oxygen atoms in total. The number of nitrogens with one attached hydrogen (secondary N) is 1. The monoisotopic (exact) mass is 538 g/mol. The molecule has 0 fully saturated rings. The van der Waals surface area contributed by atoms with Gasteiger partial charge in [0, 0.05) is 54.6 Å². The molecule has 2 aromatic carbocycles. The Morgan fingerprint density at radius 1 is 1.20 bits per heavy atom. The summed E-state index contributed by atoms with van der Waals surface area (Å²) in [5, 5.41) is 10.6. The van der Waals surface area contributed by atoms with Gasteiger partial charge in [-0.1, -0.05) is 26.3 Å². The van der Waals surface area contributed by atoms with Crippen molar-refractivity contribution in [3.63, 3.8) is 0 Å². The molecular weight excluding hydrogens is 500 g/mol. The molecule has 1 unspecified atom stereocenters. The normalized spacial score (nSPS) is 18.1. The number of hydrogen-bond acceptors (Lipinski definition) is 8. The molecule has 8 heteroatoms. The fraction of sp³-hybridized carbons (Fsp3) is 0.344. The van der Waals surface area contributed by atoms with Crippen molar-refractivity contribution in [1.29, 1.82) is 0 Å². The molecule has 0 bridgehead atoms. The van der Waals surface area contributed by atoms with E-state index in [0.717, 1.165) is 82.5 Å². The van der Waals surface area contributed by atoms with Gasteiger partial charge >= 0.3 is 0 Å². The summed E-state index contributed by atoms with van der Waals surface area (Å²) in [6.45, 7) is 13.1. The van der Waals surface area contributed by atoms with E-state index >= 15 is 0 Å². The quantitative estimate of drug-likeness (QED) is 0.301. The van der Waals surface area contributed by atoms with Crippen LogP contribution in [0.15, 0.2) is 77.6 Å². The Morgan fingerprint density at radius 2 is 2.08 bits per heavy atom. The minimum absolute atomic E-state index is 0.452. The van der Waals surface area contributed by atoms with Gasteiger partial charge in [-0.2, -0.15) is 5.10 Å². The smallest absolute Gasteiger partial charge is 0.144 e. The van der Waals surface area contributed by atoms with Gasteiger partial charge < -0.3 is 19.7 Å². The van der Waals surface area contributed by atoms with Crippen molar-refractivity contribution in [2.24, 2.45) is 11.0 Å². The van der Waals surface area contributed by atoms with E-state index in [1.54, 1.807) is 12.5 Å². The summed E-state index contributed by atoms with van der Waals surface area (Å²) in [6.07, 6.45) is 13.4. The van der Waals surface area contributed by atoms with Gasteiger partial charge in [0.05, 0.1) is 23.5 Å². The zero-order valence-electron chi connectivity index (χ0n) is 24.0. The molecule has 2 aliphatic heterocycles. The molecule has 2 aliphatic rings. The first-order valence-corrected chi connectivity index (χ1v) is 14.0. The molecule has 1 N–H and O–H groups in total. The van der Waals surface area contributed by atoms with Crippen LogP contribution in [0.25, 0.3) is 10.9 Å². The van der Waals surface area contributed by atoms with Crippen LogP contribution in [0.1, 0.15) is 46.1 Å². The van der Waals surface area contributed by atoms with Crippen LogP contribution in [0.3, 0.4) is 0 Å². The summed E-state index contributed by atoms with van der Waals surface area (Å²) in [4.78, 5) is 11.6. The van der Waals surface area contributed by atoms with Crippen molar-refractivity contribution in [1.82, 2.24) is 15.0 Å². The maximum Gasteiger partial charge on any atom is 0.144 e. The Bertz CT molecular complexity index is 1490. The number of fused-ring (bicyclic) bond motifs is 2. The highest BCUT2D eigenvalue weighted by atomic mass is 16.5. The summed E-state index contributed by atoms with van der Waals surface area (Å²) >= 11 is 0. The van der Waals surface area contributed by atoms with Crippen molar-refractivity contribution >= 4 is 34.3 Å². The van der Waals surface area contributed by atoms with E-state index in [1.807, 2.05) is 68.4 Å². The third-order valence-corrected chi connectivity index (χ3v) is 7.03. The number of nitrogens with zero attached hydrogens (tertiary/aromatic N) is 5. The molecular formula is C32H38N6O2. The number of aryl methyl sites for hydroxylation is 1. The second-order valence-corrected chi connectivity index (χ2v) is 10.3. The molecule has 208 valence electrons. The van der Waals surface area contributed by atoms with Crippen molar-refractivity contribution in [2.45, 2.75) is 47.5 Å². The number of rotatable bonds is 8. The zero-order chi connectivity index (χ0) is 28.1. The van der Waals surface area contributed by atoms with Gasteiger partial charge in [-0.3, -0.25) is 0 Å². The predicted molar refractivity (Wildman–Crippen MR) is 163 cm³/mol. The van der Waals surface area contributed by atoms with E-state index in [4.69, 9.17) is 9.47 Å². The topological polar surface area (TPSA) is 75.1 Å². The van der Waals surface area contributed by atoms with Crippen LogP contribution in [0.4, 0.5) is 17.2 Å². The molecule has 0 spiro atoms. The zero-order valence-corrected chi connectivity index (χ0v) is 24.0. The van der Waals surface area contributed by atoms with Gasteiger partial charge in [-0.15, -0.1) is 0 Å². The average molecular weight is 539 g/mol. The van der Waals surface area contributed by atoms with Crippen molar-refractivity contribution in [3.8, 4) is 11.5 Å². The van der Waals surface area contributed by atoms with E-state index in [0.29, 0.717) is 12.5 Å². The summed E-state index contributed by atoms with van der Waals surface area (Å²) in [5.41, 5.74) is 4.86. The van der Waals surface area contributed by atoms with E-state index in [9.17, 15) is 0 Å². The molecule has 0 saturated heterocycles. The number of hydrazone groups is 1. The number of unbranched alkanes of at least 4 members (excludes halogenated alkanes) is 1. The number of allylic oxidation sites excluding steroid dienone is 3. The number of benzene rings is 2. The Morgan fingerprint density at radius 3 is 2.85 bits per heavy atom. The first-order valence-electron chi connectivity index (χ1n) is 14.0. The molecule has 0 aliphatic carbocycles. The minimum atomic E-state index is 0.452. The van der Waals surface area contributed by atoms with Crippen LogP contribution in [-0.4, -0.2) is 40.9 Å². The lowest BCUT2D eigenvalue weighted by molar-refractivity contribution is 0.274. The molecule has 5 rings (SSSR count). The summed E-state index contributed by atoms with van der Waals surface area (Å²) in [5.74, 6) is 3.66. The molecule has 1 atom stereocenters. The average Bonchev–Trinajstić information content (AvgIpc) is 3.11. The third-order valence-electron chi connectivity index (χ3n) is 7.03. The number of aromatic nitrogens is 2. The SMILES string of the molecule is C/C=N\N1C=CC(Oc2ccc(Nc3ncnc4cc5c(cc34)N(CCCC)CC(C)CO5)cc2C)=C/C1=C\C. The van der Waals surface area contributed by atoms with Crippen molar-refractivity contribution < 1.29 is 9.47 Å². The van der Waals surface area contributed by atoms with Crippen LogP contribution in [-0.2, 0) is 0 Å². The standard InChI is InChI=1S/C32H38N6O2/c1-6-9-13-37-19-22(4)20-39-31-18-28-27(17-29(31)37)32(34-21-33-28)36-24-10-11-30(23(5)15-24)40-26-12-14-38(35-8-3)25(7-2)16-26/h7-8,10-12,14-18,21-22H,6,9,13,19-20H2,1-5H3,(H,33,34,36)/b25-7+,35-8-. The lowest BCUT2D eigenvalue weighted by Gasteiger charge is -2.25. The number of hydrogen-bond donors (Lipinski definition) is 1. The van der Waals surface area contributed by atoms with Gasteiger partial charge in [-0.25, -0.2) is 15.0 Å². The fourth-order valence-corrected chi connectivity index (χ4v) is 4.96. The molecule has 3 aromatic rings. The summed E-state index contributed by atoms with van der Waals surface area (Å²) < 4.78 is 12.4. The van der Waals surface area contributed by atoms with E-state index in [-0.39, 0.29) is 0 Å². The molecule has 40 heavy (non-hydrogen) atoms. The van der Waals surface area contributed by atoms with Crippen molar-refractivity contribution in [2.75, 3.05) is 29.9 Å². The van der Waals surface area contributed by atoms with Gasteiger partial charge in [0.25, 0.3) is 0 Å². The molecule has 0 radical (unpaired) electrons. The fourth-order valence-electron chi connectivity index (χ4n) is 4.96. The highest BCUT2D eigenvalue weighted by molar-refractivity contribution is 5.95. The molecule has 0 saturated carbocycles. The van der Waals surface area contributed by atoms with Gasteiger partial charge in [0.15, 0.2) is 0 Å². The van der Waals surface area contributed by atoms with Crippen LogP contribution >= 0.6 is 0 Å². The Balaban J connectivity index is 1.39. The van der Waals surface area contributed by atoms with Gasteiger partial charge in [0.1, 0.15) is 29.4 Å². The van der Waals surface area contributed by atoms with Gasteiger partial charge in [-0.05, 0) is 63.1 Å². The first kappa shape index (κ1) is 27.2. The Kier molecular flexibility index (Phi) is 8.34. The van der Waals surface area contributed by atoms with Crippen LogP contribution in [0, 0.1) is 12.8 Å². The van der Waals surface area contributed by atoms with Crippen LogP contribution in [0.2, 0.25) is 0 Å². The van der Waals surface area contributed by atoms with Crippen LogP contribution in [0.5, 0.6) is 11.5 Å².